The number of rotatable bonds is 4. The quantitative estimate of drug-likeness (QED) is 0.740. The van der Waals surface area contributed by atoms with Crippen LogP contribution in [0.5, 0.6) is 0 Å². The van der Waals surface area contributed by atoms with Gasteiger partial charge in [-0.3, -0.25) is 0 Å². The van der Waals surface area contributed by atoms with Gasteiger partial charge in [-0.2, -0.15) is 0 Å². The Labute approximate surface area is 129 Å². The van der Waals surface area contributed by atoms with E-state index in [0.717, 1.165) is 28.8 Å². The number of halogens is 1. The molecule has 2 N–H and O–H groups in total. The van der Waals surface area contributed by atoms with Crippen molar-refractivity contribution in [3.05, 3.63) is 59.7 Å². The molecule has 0 atom stereocenters. The molecule has 0 amide bonds. The van der Waals surface area contributed by atoms with E-state index in [9.17, 15) is 4.39 Å². The van der Waals surface area contributed by atoms with Crippen LogP contribution in [0.15, 0.2) is 42.5 Å². The molecule has 0 aliphatic heterocycles. The van der Waals surface area contributed by atoms with Crippen molar-refractivity contribution in [3.63, 3.8) is 0 Å². The number of hydrogen-bond donors (Lipinski definition) is 1. The Bertz CT molecular complexity index is 805. The molecule has 0 saturated carbocycles. The van der Waals surface area contributed by atoms with Gasteiger partial charge < -0.3 is 10.3 Å². The molecule has 0 saturated heterocycles. The first-order valence-electron chi connectivity index (χ1n) is 7.52. The van der Waals surface area contributed by atoms with Crippen molar-refractivity contribution in [2.45, 2.75) is 26.8 Å². The minimum absolute atomic E-state index is 0.216. The fourth-order valence-electron chi connectivity index (χ4n) is 2.73. The Balaban J connectivity index is 2.11. The van der Waals surface area contributed by atoms with Crippen LogP contribution in [0.3, 0.4) is 0 Å². The van der Waals surface area contributed by atoms with Crippen LogP contribution in [-0.4, -0.2) is 9.55 Å². The third-order valence-electron chi connectivity index (χ3n) is 3.71. The molecule has 0 aliphatic carbocycles. The van der Waals surface area contributed by atoms with Crippen LogP contribution in [-0.2, 0) is 13.0 Å². The molecule has 3 rings (SSSR count). The van der Waals surface area contributed by atoms with E-state index in [1.54, 1.807) is 12.1 Å². The molecule has 114 valence electrons. The van der Waals surface area contributed by atoms with Gasteiger partial charge in [0.2, 0.25) is 0 Å². The normalized spacial score (nSPS) is 11.5. The fraction of sp³-hybridized carbons (Fsp3) is 0.278. The number of nitrogen functional groups attached to an aromatic ring is 1. The highest BCUT2D eigenvalue weighted by atomic mass is 19.1. The van der Waals surface area contributed by atoms with Gasteiger partial charge in [-0.1, -0.05) is 32.0 Å². The molecule has 0 radical (unpaired) electrons. The lowest BCUT2D eigenvalue weighted by molar-refractivity contribution is 0.592. The smallest absolute Gasteiger partial charge is 0.123 e. The first-order chi connectivity index (χ1) is 10.5. The van der Waals surface area contributed by atoms with Gasteiger partial charge in [0.1, 0.15) is 17.2 Å². The molecule has 0 fully saturated rings. The predicted octanol–water partition coefficient (Wildman–Crippen LogP) is 4.00. The summed E-state index contributed by atoms with van der Waals surface area (Å²) < 4.78 is 15.6. The molecule has 0 unspecified atom stereocenters. The maximum atomic E-state index is 13.4. The van der Waals surface area contributed by atoms with E-state index in [0.29, 0.717) is 18.2 Å². The zero-order valence-electron chi connectivity index (χ0n) is 12.9. The Kier molecular flexibility index (Phi) is 3.84. The van der Waals surface area contributed by atoms with Gasteiger partial charge in [0.15, 0.2) is 0 Å². The summed E-state index contributed by atoms with van der Waals surface area (Å²) in [7, 11) is 0. The van der Waals surface area contributed by atoms with Crippen LogP contribution in [0.4, 0.5) is 10.1 Å². The van der Waals surface area contributed by atoms with Crippen LogP contribution in [0.2, 0.25) is 0 Å². The third kappa shape index (κ3) is 2.82. The highest BCUT2D eigenvalue weighted by Gasteiger charge is 2.14. The van der Waals surface area contributed by atoms with E-state index in [2.05, 4.69) is 18.4 Å². The molecule has 3 aromatic rings. The van der Waals surface area contributed by atoms with Crippen LogP contribution in [0, 0.1) is 11.7 Å². The molecular formula is C18H20FN3. The maximum Gasteiger partial charge on any atom is 0.123 e. The number of para-hydroxylation sites is 1. The van der Waals surface area contributed by atoms with Crippen molar-refractivity contribution >= 4 is 16.7 Å². The second-order valence-electron chi connectivity index (χ2n) is 6.06. The van der Waals surface area contributed by atoms with Crippen LogP contribution in [0.1, 0.15) is 25.2 Å². The van der Waals surface area contributed by atoms with Crippen LogP contribution >= 0.6 is 0 Å². The monoisotopic (exact) mass is 297 g/mol. The maximum absolute atomic E-state index is 13.4. The zero-order valence-corrected chi connectivity index (χ0v) is 12.9. The van der Waals surface area contributed by atoms with Gasteiger partial charge in [0.05, 0.1) is 11.2 Å². The third-order valence-corrected chi connectivity index (χ3v) is 3.71. The first kappa shape index (κ1) is 14.6. The lowest BCUT2D eigenvalue weighted by Gasteiger charge is -2.11. The molecule has 1 aromatic heterocycles. The Hall–Kier alpha value is -2.36. The summed E-state index contributed by atoms with van der Waals surface area (Å²) in [5.41, 5.74) is 9.48. The van der Waals surface area contributed by atoms with Gasteiger partial charge in [0.25, 0.3) is 0 Å². The Morgan fingerprint density at radius 3 is 2.68 bits per heavy atom. The van der Waals surface area contributed by atoms with Crippen LogP contribution < -0.4 is 5.73 Å². The fourth-order valence-corrected chi connectivity index (χ4v) is 2.73. The van der Waals surface area contributed by atoms with Crippen molar-refractivity contribution in [1.29, 1.82) is 0 Å². The molecular weight excluding hydrogens is 277 g/mol. The summed E-state index contributed by atoms with van der Waals surface area (Å²) in [6, 6.07) is 12.5. The number of nitrogens with zero attached hydrogens (tertiary/aromatic N) is 2. The molecule has 0 bridgehead atoms. The van der Waals surface area contributed by atoms with Gasteiger partial charge in [-0.05, 0) is 35.7 Å². The Morgan fingerprint density at radius 2 is 1.95 bits per heavy atom. The van der Waals surface area contributed by atoms with E-state index in [4.69, 9.17) is 10.7 Å². The summed E-state index contributed by atoms with van der Waals surface area (Å²) in [4.78, 5) is 4.72. The first-order valence-corrected chi connectivity index (χ1v) is 7.52. The summed E-state index contributed by atoms with van der Waals surface area (Å²) in [5, 5.41) is 0. The number of anilines is 1. The molecule has 3 nitrogen and oxygen atoms in total. The molecule has 2 aromatic carbocycles. The predicted molar refractivity (Wildman–Crippen MR) is 88.2 cm³/mol. The van der Waals surface area contributed by atoms with Crippen LogP contribution in [0.25, 0.3) is 11.0 Å². The molecule has 22 heavy (non-hydrogen) atoms. The molecule has 4 heteroatoms. The van der Waals surface area contributed by atoms with Crippen molar-refractivity contribution in [1.82, 2.24) is 9.55 Å². The van der Waals surface area contributed by atoms with Crippen molar-refractivity contribution in [2.75, 3.05) is 5.73 Å². The number of imidazole rings is 1. The Morgan fingerprint density at radius 1 is 1.18 bits per heavy atom. The number of fused-ring (bicyclic) bond motifs is 1. The van der Waals surface area contributed by atoms with E-state index < -0.39 is 0 Å². The second-order valence-corrected chi connectivity index (χ2v) is 6.06. The standard InChI is InChI=1S/C18H20FN3/c1-12(2)9-17-21-18-15(20)7-4-8-16(18)22(17)11-13-5-3-6-14(19)10-13/h3-8,10,12H,9,11,20H2,1-2H3. The van der Waals surface area contributed by atoms with Gasteiger partial charge in [-0.25, -0.2) is 9.37 Å². The number of aromatic nitrogens is 2. The number of nitrogens with two attached hydrogens (primary N) is 1. The SMILES string of the molecule is CC(C)Cc1nc2c(N)cccc2n1Cc1cccc(F)c1. The summed E-state index contributed by atoms with van der Waals surface area (Å²) >= 11 is 0. The second kappa shape index (κ2) is 5.79. The highest BCUT2D eigenvalue weighted by molar-refractivity contribution is 5.87. The molecule has 0 spiro atoms. The highest BCUT2D eigenvalue weighted by Crippen LogP contribution is 2.24. The molecule has 1 heterocycles. The molecule has 0 aliphatic rings. The zero-order chi connectivity index (χ0) is 15.7. The lowest BCUT2D eigenvalue weighted by atomic mass is 10.1. The largest absolute Gasteiger partial charge is 0.397 e. The van der Waals surface area contributed by atoms with E-state index in [-0.39, 0.29) is 5.82 Å². The van der Waals surface area contributed by atoms with E-state index in [1.807, 2.05) is 24.3 Å². The van der Waals surface area contributed by atoms with E-state index >= 15 is 0 Å². The summed E-state index contributed by atoms with van der Waals surface area (Å²) in [6.07, 6.45) is 0.865. The van der Waals surface area contributed by atoms with E-state index in [1.165, 1.54) is 6.07 Å². The van der Waals surface area contributed by atoms with Gasteiger partial charge >= 0.3 is 0 Å². The van der Waals surface area contributed by atoms with Crippen molar-refractivity contribution < 1.29 is 4.39 Å². The summed E-state index contributed by atoms with van der Waals surface area (Å²) in [6.45, 7) is 4.92. The summed E-state index contributed by atoms with van der Waals surface area (Å²) in [5.74, 6) is 1.27. The average molecular weight is 297 g/mol. The number of benzene rings is 2. The number of hydrogen-bond acceptors (Lipinski definition) is 2. The van der Waals surface area contributed by atoms with Crippen molar-refractivity contribution in [3.8, 4) is 0 Å². The minimum atomic E-state index is -0.216. The minimum Gasteiger partial charge on any atom is -0.397 e. The lowest BCUT2D eigenvalue weighted by Crippen LogP contribution is -2.08. The van der Waals surface area contributed by atoms with Gasteiger partial charge in [0, 0.05) is 13.0 Å². The van der Waals surface area contributed by atoms with Gasteiger partial charge in [-0.15, -0.1) is 0 Å². The van der Waals surface area contributed by atoms with Crippen molar-refractivity contribution in [2.24, 2.45) is 5.92 Å². The average Bonchev–Trinajstić information content (AvgIpc) is 2.78. The topological polar surface area (TPSA) is 43.8 Å².